The highest BCUT2D eigenvalue weighted by Gasteiger charge is 2.28. The van der Waals surface area contributed by atoms with Gasteiger partial charge in [-0.2, -0.15) is 0 Å². The smallest absolute Gasteiger partial charge is 0.231 e. The van der Waals surface area contributed by atoms with E-state index in [0.29, 0.717) is 17.9 Å². The molecule has 0 unspecified atom stereocenters. The number of benzene rings is 1. The van der Waals surface area contributed by atoms with E-state index < -0.39 is 0 Å². The number of imide groups is 1. The number of halogens is 1. The summed E-state index contributed by atoms with van der Waals surface area (Å²) in [5.41, 5.74) is 1.75. The lowest BCUT2D eigenvalue weighted by molar-refractivity contribution is -0.137. The van der Waals surface area contributed by atoms with Crippen LogP contribution in [0.2, 0.25) is 5.02 Å². The predicted molar refractivity (Wildman–Crippen MR) is 65.8 cm³/mol. The van der Waals surface area contributed by atoms with Crippen molar-refractivity contribution in [1.82, 2.24) is 4.90 Å². The van der Waals surface area contributed by atoms with E-state index in [4.69, 9.17) is 11.6 Å². The van der Waals surface area contributed by atoms with Crippen molar-refractivity contribution in [2.45, 2.75) is 19.8 Å². The van der Waals surface area contributed by atoms with Crippen LogP contribution in [0.15, 0.2) is 18.2 Å². The average Bonchev–Trinajstić information content (AvgIpc) is 2.62. The van der Waals surface area contributed by atoms with Gasteiger partial charge < -0.3 is 5.32 Å². The van der Waals surface area contributed by atoms with Crippen LogP contribution in [0.5, 0.6) is 0 Å². The summed E-state index contributed by atoms with van der Waals surface area (Å²) in [6, 6.07) is 5.49. The molecule has 1 aliphatic rings. The number of nitrogens with zero attached hydrogens (tertiary/aromatic N) is 1. The fourth-order valence-corrected chi connectivity index (χ4v) is 1.94. The van der Waals surface area contributed by atoms with Crippen LogP contribution in [0.25, 0.3) is 0 Å². The minimum absolute atomic E-state index is 0.123. The molecule has 0 atom stereocenters. The third kappa shape index (κ3) is 2.42. The molecule has 2 amide bonds. The molecule has 1 saturated heterocycles. The third-order valence-corrected chi connectivity index (χ3v) is 3.26. The Balaban J connectivity index is 2.05. The van der Waals surface area contributed by atoms with E-state index in [1.54, 1.807) is 6.07 Å². The van der Waals surface area contributed by atoms with Crippen LogP contribution in [0.3, 0.4) is 0 Å². The first kappa shape index (κ1) is 11.9. The molecule has 1 N–H and O–H groups in total. The van der Waals surface area contributed by atoms with Crippen molar-refractivity contribution in [3.8, 4) is 0 Å². The highest BCUT2D eigenvalue weighted by Crippen LogP contribution is 2.23. The fraction of sp³-hybridized carbons (Fsp3) is 0.333. The number of amides is 2. The van der Waals surface area contributed by atoms with Crippen LogP contribution < -0.4 is 5.32 Å². The van der Waals surface area contributed by atoms with Gasteiger partial charge in [-0.1, -0.05) is 17.7 Å². The zero-order chi connectivity index (χ0) is 12.4. The van der Waals surface area contributed by atoms with Gasteiger partial charge in [-0.3, -0.25) is 14.5 Å². The minimum Gasteiger partial charge on any atom is -0.367 e. The Hall–Kier alpha value is -1.55. The molecule has 1 heterocycles. The Bertz CT molecular complexity index is 458. The summed E-state index contributed by atoms with van der Waals surface area (Å²) in [6.07, 6.45) is 0.629. The number of carbonyl (C=O) groups excluding carboxylic acids is 2. The van der Waals surface area contributed by atoms with E-state index >= 15 is 0 Å². The lowest BCUT2D eigenvalue weighted by Gasteiger charge is -2.17. The van der Waals surface area contributed by atoms with Crippen LogP contribution in [-0.2, 0) is 9.59 Å². The molecule has 0 saturated carbocycles. The zero-order valence-electron chi connectivity index (χ0n) is 9.50. The molecule has 1 aromatic rings. The number of nitrogens with one attached hydrogen (secondary N) is 1. The molecule has 1 aromatic carbocycles. The van der Waals surface area contributed by atoms with E-state index in [1.165, 1.54) is 4.90 Å². The van der Waals surface area contributed by atoms with Crippen molar-refractivity contribution in [2.75, 3.05) is 12.0 Å². The number of hydrogen-bond donors (Lipinski definition) is 1. The lowest BCUT2D eigenvalue weighted by atomic mass is 10.2. The summed E-state index contributed by atoms with van der Waals surface area (Å²) >= 11 is 5.98. The molecular formula is C12H13ClN2O2. The van der Waals surface area contributed by atoms with E-state index in [-0.39, 0.29) is 18.5 Å². The van der Waals surface area contributed by atoms with Gasteiger partial charge in [0.15, 0.2) is 0 Å². The van der Waals surface area contributed by atoms with Gasteiger partial charge in [0.1, 0.15) is 0 Å². The second-order valence-corrected chi connectivity index (χ2v) is 4.37. The first-order valence-electron chi connectivity index (χ1n) is 5.42. The standard InChI is InChI=1S/C12H13ClN2O2/c1-8-9(13)3-2-4-10(8)14-7-15-11(16)5-6-12(15)17/h2-4,14H,5-7H2,1H3. The minimum atomic E-state index is -0.123. The monoisotopic (exact) mass is 252 g/mol. The second kappa shape index (κ2) is 4.75. The average molecular weight is 253 g/mol. The number of anilines is 1. The Labute approximate surface area is 105 Å². The van der Waals surface area contributed by atoms with Gasteiger partial charge in [-0.15, -0.1) is 0 Å². The molecule has 0 radical (unpaired) electrons. The van der Waals surface area contributed by atoms with Crippen molar-refractivity contribution in [1.29, 1.82) is 0 Å². The zero-order valence-corrected chi connectivity index (χ0v) is 10.3. The molecule has 0 bridgehead atoms. The fourth-order valence-electron chi connectivity index (χ4n) is 1.76. The van der Waals surface area contributed by atoms with Gasteiger partial charge in [0, 0.05) is 23.6 Å². The van der Waals surface area contributed by atoms with Crippen LogP contribution in [0.4, 0.5) is 5.69 Å². The van der Waals surface area contributed by atoms with Gasteiger partial charge in [-0.25, -0.2) is 0 Å². The molecule has 1 aliphatic heterocycles. The summed E-state index contributed by atoms with van der Waals surface area (Å²) in [7, 11) is 0. The van der Waals surface area contributed by atoms with Gasteiger partial charge >= 0.3 is 0 Å². The lowest BCUT2D eigenvalue weighted by Crippen LogP contribution is -2.34. The van der Waals surface area contributed by atoms with Gasteiger partial charge in [0.05, 0.1) is 6.67 Å². The number of rotatable bonds is 3. The Morgan fingerprint density at radius 2 is 1.94 bits per heavy atom. The molecule has 2 rings (SSSR count). The predicted octanol–water partition coefficient (Wildman–Crippen LogP) is 2.17. The van der Waals surface area contributed by atoms with Gasteiger partial charge in [-0.05, 0) is 24.6 Å². The van der Waals surface area contributed by atoms with Crippen LogP contribution in [-0.4, -0.2) is 23.4 Å². The summed E-state index contributed by atoms with van der Waals surface area (Å²) in [5, 5.41) is 3.72. The topological polar surface area (TPSA) is 49.4 Å². The van der Waals surface area contributed by atoms with Gasteiger partial charge in [0.25, 0.3) is 0 Å². The second-order valence-electron chi connectivity index (χ2n) is 3.96. The highest BCUT2D eigenvalue weighted by molar-refractivity contribution is 6.31. The van der Waals surface area contributed by atoms with E-state index in [2.05, 4.69) is 5.32 Å². The largest absolute Gasteiger partial charge is 0.367 e. The van der Waals surface area contributed by atoms with E-state index in [0.717, 1.165) is 11.3 Å². The van der Waals surface area contributed by atoms with Crippen molar-refractivity contribution < 1.29 is 9.59 Å². The Morgan fingerprint density at radius 3 is 2.59 bits per heavy atom. The SMILES string of the molecule is Cc1c(Cl)cccc1NCN1C(=O)CCC1=O. The van der Waals surface area contributed by atoms with Gasteiger partial charge in [0.2, 0.25) is 11.8 Å². The molecule has 4 nitrogen and oxygen atoms in total. The molecule has 17 heavy (non-hydrogen) atoms. The first-order valence-corrected chi connectivity index (χ1v) is 5.79. The maximum absolute atomic E-state index is 11.4. The molecule has 1 fully saturated rings. The normalized spacial score (nSPS) is 15.5. The number of likely N-dealkylation sites (tertiary alicyclic amines) is 1. The molecule has 0 aromatic heterocycles. The van der Waals surface area contributed by atoms with Crippen molar-refractivity contribution in [2.24, 2.45) is 0 Å². The summed E-state index contributed by atoms with van der Waals surface area (Å²) in [6.45, 7) is 2.09. The summed E-state index contributed by atoms with van der Waals surface area (Å²) in [5.74, 6) is -0.246. The summed E-state index contributed by atoms with van der Waals surface area (Å²) in [4.78, 5) is 24.0. The Morgan fingerprint density at radius 1 is 1.29 bits per heavy atom. The third-order valence-electron chi connectivity index (χ3n) is 2.85. The molecule has 90 valence electrons. The van der Waals surface area contributed by atoms with E-state index in [9.17, 15) is 9.59 Å². The number of hydrogen-bond acceptors (Lipinski definition) is 3. The van der Waals surface area contributed by atoms with Crippen molar-refractivity contribution in [3.05, 3.63) is 28.8 Å². The maximum atomic E-state index is 11.4. The quantitative estimate of drug-likeness (QED) is 0.839. The van der Waals surface area contributed by atoms with Crippen LogP contribution in [0.1, 0.15) is 18.4 Å². The summed E-state index contributed by atoms with van der Waals surface area (Å²) < 4.78 is 0. The maximum Gasteiger partial charge on any atom is 0.231 e. The van der Waals surface area contributed by atoms with Crippen molar-refractivity contribution >= 4 is 29.1 Å². The molecule has 0 spiro atoms. The highest BCUT2D eigenvalue weighted by atomic mass is 35.5. The molecule has 5 heteroatoms. The van der Waals surface area contributed by atoms with Crippen molar-refractivity contribution in [3.63, 3.8) is 0 Å². The first-order chi connectivity index (χ1) is 8.09. The van der Waals surface area contributed by atoms with Crippen LogP contribution >= 0.6 is 11.6 Å². The number of carbonyl (C=O) groups is 2. The molecule has 0 aliphatic carbocycles. The van der Waals surface area contributed by atoms with E-state index in [1.807, 2.05) is 19.1 Å². The molecular weight excluding hydrogens is 240 g/mol. The van der Waals surface area contributed by atoms with Crippen LogP contribution in [0, 0.1) is 6.92 Å². The Kier molecular flexibility index (Phi) is 3.33.